The molecule has 2 rings (SSSR count). The maximum absolute atomic E-state index is 13.6. The lowest BCUT2D eigenvalue weighted by Crippen LogP contribution is -2.11. The first-order chi connectivity index (χ1) is 9.79. The van der Waals surface area contributed by atoms with Crippen molar-refractivity contribution < 1.29 is 22.4 Å². The average molecular weight is 317 g/mol. The summed E-state index contributed by atoms with van der Waals surface area (Å²) < 4.78 is 51.4. The van der Waals surface area contributed by atoms with Crippen LogP contribution in [0.3, 0.4) is 0 Å². The third-order valence-electron chi connectivity index (χ3n) is 2.90. The summed E-state index contributed by atoms with van der Waals surface area (Å²) in [7, 11) is 0. The standard InChI is InChI=1S/C15H9ClF4O/c16-12-4-2-1-3-9(12)7-14(21)11-8-10(15(18,19)20)5-6-13(11)17/h1-6,8H,7H2. The van der Waals surface area contributed by atoms with Gasteiger partial charge in [-0.1, -0.05) is 29.8 Å². The highest BCUT2D eigenvalue weighted by Gasteiger charge is 2.31. The lowest BCUT2D eigenvalue weighted by Gasteiger charge is -2.09. The second-order valence-electron chi connectivity index (χ2n) is 4.38. The third kappa shape index (κ3) is 3.61. The largest absolute Gasteiger partial charge is 0.416 e. The van der Waals surface area contributed by atoms with E-state index in [9.17, 15) is 22.4 Å². The lowest BCUT2D eigenvalue weighted by atomic mass is 10.0. The van der Waals surface area contributed by atoms with Crippen LogP contribution in [0, 0.1) is 5.82 Å². The van der Waals surface area contributed by atoms with Gasteiger partial charge in [0.05, 0.1) is 11.1 Å². The average Bonchev–Trinajstić information content (AvgIpc) is 2.40. The zero-order chi connectivity index (χ0) is 15.6. The van der Waals surface area contributed by atoms with E-state index in [1.165, 1.54) is 0 Å². The van der Waals surface area contributed by atoms with E-state index in [4.69, 9.17) is 11.6 Å². The number of rotatable bonds is 3. The fraction of sp³-hybridized carbons (Fsp3) is 0.133. The molecule has 0 saturated heterocycles. The molecule has 0 atom stereocenters. The minimum Gasteiger partial charge on any atom is -0.294 e. The van der Waals surface area contributed by atoms with Crippen LogP contribution in [0.1, 0.15) is 21.5 Å². The van der Waals surface area contributed by atoms with Crippen LogP contribution in [0.5, 0.6) is 0 Å². The summed E-state index contributed by atoms with van der Waals surface area (Å²) in [5.74, 6) is -1.74. The van der Waals surface area contributed by atoms with Crippen LogP contribution in [0.25, 0.3) is 0 Å². The van der Waals surface area contributed by atoms with Gasteiger partial charge in [0.15, 0.2) is 5.78 Å². The summed E-state index contributed by atoms with van der Waals surface area (Å²) in [5, 5.41) is 0.304. The van der Waals surface area contributed by atoms with Gasteiger partial charge in [0.25, 0.3) is 0 Å². The zero-order valence-corrected chi connectivity index (χ0v) is 11.3. The van der Waals surface area contributed by atoms with Crippen LogP contribution in [0.15, 0.2) is 42.5 Å². The number of halogens is 5. The molecule has 0 aliphatic heterocycles. The maximum Gasteiger partial charge on any atom is 0.416 e. The van der Waals surface area contributed by atoms with Crippen molar-refractivity contribution in [1.29, 1.82) is 0 Å². The molecule has 0 heterocycles. The molecule has 0 amide bonds. The van der Waals surface area contributed by atoms with Gasteiger partial charge in [-0.15, -0.1) is 0 Å². The Bertz CT molecular complexity index is 680. The number of carbonyl (C=O) groups excluding carboxylic acids is 1. The third-order valence-corrected chi connectivity index (χ3v) is 3.27. The van der Waals surface area contributed by atoms with Crippen LogP contribution in [-0.2, 0) is 12.6 Å². The Kier molecular flexibility index (Phi) is 4.32. The van der Waals surface area contributed by atoms with Crippen molar-refractivity contribution in [1.82, 2.24) is 0 Å². The van der Waals surface area contributed by atoms with Gasteiger partial charge in [-0.25, -0.2) is 4.39 Å². The summed E-state index contributed by atoms with van der Waals surface area (Å²) >= 11 is 5.87. The Morgan fingerprint density at radius 1 is 1.10 bits per heavy atom. The fourth-order valence-corrected chi connectivity index (χ4v) is 2.03. The van der Waals surface area contributed by atoms with E-state index >= 15 is 0 Å². The van der Waals surface area contributed by atoms with Crippen LogP contribution in [0.2, 0.25) is 5.02 Å². The highest BCUT2D eigenvalue weighted by atomic mass is 35.5. The Hall–Kier alpha value is -1.88. The van der Waals surface area contributed by atoms with Crippen molar-refractivity contribution in [3.63, 3.8) is 0 Å². The molecule has 2 aromatic rings. The van der Waals surface area contributed by atoms with Gasteiger partial charge in [0.1, 0.15) is 5.82 Å². The van der Waals surface area contributed by atoms with E-state index in [0.717, 1.165) is 0 Å². The van der Waals surface area contributed by atoms with Gasteiger partial charge in [0.2, 0.25) is 0 Å². The number of hydrogen-bond donors (Lipinski definition) is 0. The van der Waals surface area contributed by atoms with Crippen molar-refractivity contribution in [2.24, 2.45) is 0 Å². The van der Waals surface area contributed by atoms with Crippen LogP contribution < -0.4 is 0 Å². The molecule has 0 fully saturated rings. The van der Waals surface area contributed by atoms with Gasteiger partial charge < -0.3 is 0 Å². The molecule has 0 saturated carbocycles. The minimum absolute atomic E-state index is 0.266. The van der Waals surface area contributed by atoms with Gasteiger partial charge >= 0.3 is 6.18 Å². The monoisotopic (exact) mass is 316 g/mol. The molecule has 0 aliphatic carbocycles. The maximum atomic E-state index is 13.6. The normalized spacial score (nSPS) is 11.5. The SMILES string of the molecule is O=C(Cc1ccccc1Cl)c1cc(C(F)(F)F)ccc1F. The van der Waals surface area contributed by atoms with Crippen molar-refractivity contribution in [2.75, 3.05) is 0 Å². The number of ketones is 1. The van der Waals surface area contributed by atoms with E-state index in [1.54, 1.807) is 24.3 Å². The predicted molar refractivity (Wildman–Crippen MR) is 70.9 cm³/mol. The summed E-state index contributed by atoms with van der Waals surface area (Å²) in [4.78, 5) is 12.0. The van der Waals surface area contributed by atoms with Crippen LogP contribution in [-0.4, -0.2) is 5.78 Å². The lowest BCUT2D eigenvalue weighted by molar-refractivity contribution is -0.137. The minimum atomic E-state index is -4.63. The van der Waals surface area contributed by atoms with Crippen molar-refractivity contribution in [3.05, 3.63) is 70.0 Å². The van der Waals surface area contributed by atoms with Gasteiger partial charge in [-0.2, -0.15) is 13.2 Å². The first-order valence-electron chi connectivity index (χ1n) is 5.92. The molecular formula is C15H9ClF4O. The number of hydrogen-bond acceptors (Lipinski definition) is 1. The summed E-state index contributed by atoms with van der Waals surface area (Å²) in [6.07, 6.45) is -4.90. The number of carbonyl (C=O) groups is 1. The highest BCUT2D eigenvalue weighted by Crippen LogP contribution is 2.30. The number of alkyl halides is 3. The second-order valence-corrected chi connectivity index (χ2v) is 4.79. The van der Waals surface area contributed by atoms with Crippen molar-refractivity contribution in [2.45, 2.75) is 12.6 Å². The van der Waals surface area contributed by atoms with E-state index in [2.05, 4.69) is 0 Å². The Morgan fingerprint density at radius 3 is 2.38 bits per heavy atom. The first kappa shape index (κ1) is 15.5. The van der Waals surface area contributed by atoms with Gasteiger partial charge in [0, 0.05) is 11.4 Å². The smallest absolute Gasteiger partial charge is 0.294 e. The molecule has 0 radical (unpaired) electrons. The molecule has 0 aliphatic rings. The Morgan fingerprint density at radius 2 is 1.76 bits per heavy atom. The molecule has 6 heteroatoms. The molecule has 2 aromatic carbocycles. The first-order valence-corrected chi connectivity index (χ1v) is 6.30. The second kappa shape index (κ2) is 5.85. The summed E-state index contributed by atoms with van der Waals surface area (Å²) in [6, 6.07) is 8.16. The van der Waals surface area contributed by atoms with Gasteiger partial charge in [-0.05, 0) is 29.8 Å². The molecule has 0 N–H and O–H groups in total. The van der Waals surface area contributed by atoms with Crippen molar-refractivity contribution >= 4 is 17.4 Å². The molecule has 21 heavy (non-hydrogen) atoms. The molecule has 0 bridgehead atoms. The van der Waals surface area contributed by atoms with E-state index in [1.807, 2.05) is 0 Å². The fourth-order valence-electron chi connectivity index (χ4n) is 1.83. The number of benzene rings is 2. The predicted octanol–water partition coefficient (Wildman–Crippen LogP) is 4.92. The van der Waals surface area contributed by atoms with Crippen molar-refractivity contribution in [3.8, 4) is 0 Å². The Labute approximate surface area is 123 Å². The molecule has 0 unspecified atom stereocenters. The topological polar surface area (TPSA) is 17.1 Å². The zero-order valence-electron chi connectivity index (χ0n) is 10.5. The summed E-state index contributed by atoms with van der Waals surface area (Å²) in [6.45, 7) is 0. The van der Waals surface area contributed by atoms with Crippen LogP contribution >= 0.6 is 11.6 Å². The molecule has 0 spiro atoms. The Balaban J connectivity index is 2.33. The summed E-state index contributed by atoms with van der Waals surface area (Å²) in [5.41, 5.74) is -1.22. The van der Waals surface area contributed by atoms with Gasteiger partial charge in [-0.3, -0.25) is 4.79 Å². The molecule has 110 valence electrons. The van der Waals surface area contributed by atoms with E-state index < -0.39 is 28.9 Å². The van der Waals surface area contributed by atoms with E-state index in [0.29, 0.717) is 28.8 Å². The number of Topliss-reactive ketones (excluding diaryl/α,β-unsaturated/α-hetero) is 1. The van der Waals surface area contributed by atoms with E-state index in [-0.39, 0.29) is 6.42 Å². The van der Waals surface area contributed by atoms with Crippen LogP contribution in [0.4, 0.5) is 17.6 Å². The molecule has 0 aromatic heterocycles. The molecule has 1 nitrogen and oxygen atoms in total. The quantitative estimate of drug-likeness (QED) is 0.580. The highest BCUT2D eigenvalue weighted by molar-refractivity contribution is 6.31. The molecular weight excluding hydrogens is 308 g/mol.